The quantitative estimate of drug-likeness (QED) is 0.441. The van der Waals surface area contributed by atoms with Gasteiger partial charge >= 0.3 is 0 Å². The van der Waals surface area contributed by atoms with Gasteiger partial charge in [0.2, 0.25) is 5.91 Å². The number of likely N-dealkylation sites (tertiary alicyclic amines) is 1. The molecule has 1 aliphatic heterocycles. The normalized spacial score (nSPS) is 14.2. The van der Waals surface area contributed by atoms with Crippen LogP contribution in [0, 0.1) is 11.3 Å². The number of amides is 1. The van der Waals surface area contributed by atoms with Crippen molar-refractivity contribution in [1.82, 2.24) is 19.9 Å². The van der Waals surface area contributed by atoms with Gasteiger partial charge in [0, 0.05) is 54.5 Å². The molecule has 1 N–H and O–H groups in total. The maximum Gasteiger partial charge on any atom is 0.219 e. The zero-order valence-corrected chi connectivity index (χ0v) is 19.3. The van der Waals surface area contributed by atoms with Crippen molar-refractivity contribution in [3.63, 3.8) is 0 Å². The third-order valence-corrected chi connectivity index (χ3v) is 6.39. The van der Waals surface area contributed by atoms with Crippen LogP contribution in [0.4, 0.5) is 0 Å². The van der Waals surface area contributed by atoms with E-state index < -0.39 is 0 Å². The largest absolute Gasteiger partial charge is 0.489 e. The number of nitrogens with one attached hydrogen (secondary N) is 1. The maximum atomic E-state index is 11.5. The zero-order chi connectivity index (χ0) is 23.7. The summed E-state index contributed by atoms with van der Waals surface area (Å²) in [4.78, 5) is 25.6. The lowest BCUT2D eigenvalue weighted by atomic mass is 10.0. The van der Waals surface area contributed by atoms with Crippen LogP contribution >= 0.6 is 11.6 Å². The number of aromatic nitrogens is 3. The van der Waals surface area contributed by atoms with Crippen molar-refractivity contribution in [3.8, 4) is 34.3 Å². The molecule has 0 bridgehead atoms. The Morgan fingerprint density at radius 3 is 2.56 bits per heavy atom. The Kier molecular flexibility index (Phi) is 5.91. The number of hydrogen-bond acceptors (Lipinski definition) is 5. The number of hydrogen-bond donors (Lipinski definition) is 1. The van der Waals surface area contributed by atoms with Gasteiger partial charge in [0.05, 0.1) is 11.3 Å². The van der Waals surface area contributed by atoms with Gasteiger partial charge in [0.1, 0.15) is 29.9 Å². The fourth-order valence-electron chi connectivity index (χ4n) is 4.29. The van der Waals surface area contributed by atoms with Crippen molar-refractivity contribution in [2.75, 3.05) is 13.1 Å². The zero-order valence-electron chi connectivity index (χ0n) is 18.6. The number of ether oxygens (including phenoxy) is 1. The minimum atomic E-state index is -0.0223. The summed E-state index contributed by atoms with van der Waals surface area (Å²) in [7, 11) is 0. The highest BCUT2D eigenvalue weighted by Crippen LogP contribution is 2.33. The summed E-state index contributed by atoms with van der Waals surface area (Å²) in [6.07, 6.45) is 2.98. The van der Waals surface area contributed by atoms with Crippen molar-refractivity contribution in [2.24, 2.45) is 0 Å². The van der Waals surface area contributed by atoms with Gasteiger partial charge in [0.25, 0.3) is 0 Å². The number of halogens is 1. The lowest BCUT2D eigenvalue weighted by molar-refractivity contribution is -0.130. The number of piperidine rings is 1. The van der Waals surface area contributed by atoms with Crippen molar-refractivity contribution >= 4 is 28.5 Å². The summed E-state index contributed by atoms with van der Waals surface area (Å²) >= 11 is 6.02. The van der Waals surface area contributed by atoms with Crippen molar-refractivity contribution in [1.29, 1.82) is 5.26 Å². The van der Waals surface area contributed by atoms with E-state index in [9.17, 15) is 10.1 Å². The smallest absolute Gasteiger partial charge is 0.219 e. The Balaban J connectivity index is 1.43. The van der Waals surface area contributed by atoms with Crippen molar-refractivity contribution in [2.45, 2.75) is 25.9 Å². The van der Waals surface area contributed by atoms with E-state index in [4.69, 9.17) is 16.3 Å². The van der Waals surface area contributed by atoms with E-state index >= 15 is 0 Å². The Bertz CT molecular complexity index is 1400. The highest BCUT2D eigenvalue weighted by Gasteiger charge is 2.23. The van der Waals surface area contributed by atoms with Gasteiger partial charge in [0.15, 0.2) is 0 Å². The van der Waals surface area contributed by atoms with Crippen LogP contribution in [0.3, 0.4) is 0 Å². The molecule has 1 aliphatic rings. The van der Waals surface area contributed by atoms with Gasteiger partial charge in [-0.3, -0.25) is 4.79 Å². The summed E-state index contributed by atoms with van der Waals surface area (Å²) in [6, 6.07) is 17.4. The second kappa shape index (κ2) is 9.16. The predicted molar refractivity (Wildman–Crippen MR) is 130 cm³/mol. The Morgan fingerprint density at radius 1 is 1.12 bits per heavy atom. The van der Waals surface area contributed by atoms with Crippen LogP contribution in [-0.2, 0) is 4.79 Å². The van der Waals surface area contributed by atoms with E-state index in [1.165, 1.54) is 6.33 Å². The molecule has 0 aliphatic carbocycles. The molecule has 2 aromatic carbocycles. The molecule has 2 aromatic heterocycles. The predicted octanol–water partition coefficient (Wildman–Crippen LogP) is 5.21. The van der Waals surface area contributed by atoms with Crippen molar-refractivity contribution < 1.29 is 9.53 Å². The van der Waals surface area contributed by atoms with Crippen LogP contribution in [0.15, 0.2) is 54.9 Å². The molecule has 0 unspecified atom stereocenters. The Morgan fingerprint density at radius 2 is 1.85 bits per heavy atom. The molecule has 8 heteroatoms. The fourth-order valence-corrected chi connectivity index (χ4v) is 4.42. The third kappa shape index (κ3) is 4.33. The molecular formula is C26H22ClN5O2. The van der Waals surface area contributed by atoms with Gasteiger partial charge in [-0.2, -0.15) is 5.26 Å². The summed E-state index contributed by atoms with van der Waals surface area (Å²) in [5, 5.41) is 11.3. The first kappa shape index (κ1) is 21.9. The number of carbonyl (C=O) groups is 1. The van der Waals surface area contributed by atoms with Gasteiger partial charge in [-0.15, -0.1) is 0 Å². The first-order valence-electron chi connectivity index (χ1n) is 11.1. The first-order valence-corrected chi connectivity index (χ1v) is 11.5. The number of H-pyrrole nitrogens is 1. The van der Waals surface area contributed by atoms with Gasteiger partial charge in [-0.05, 0) is 42.0 Å². The third-order valence-electron chi connectivity index (χ3n) is 6.14. The lowest BCUT2D eigenvalue weighted by Gasteiger charge is -2.31. The molecule has 1 fully saturated rings. The van der Waals surface area contributed by atoms with Gasteiger partial charge < -0.3 is 14.6 Å². The number of rotatable bonds is 4. The number of fused-ring (bicyclic) bond motifs is 1. The number of nitrogens with zero attached hydrogens (tertiary/aromatic N) is 4. The molecule has 0 spiro atoms. The van der Waals surface area contributed by atoms with E-state index in [1.807, 2.05) is 47.4 Å². The van der Waals surface area contributed by atoms with Gasteiger partial charge in [-0.1, -0.05) is 23.7 Å². The second-order valence-corrected chi connectivity index (χ2v) is 8.76. The van der Waals surface area contributed by atoms with Crippen LogP contribution in [-0.4, -0.2) is 45.0 Å². The molecule has 5 rings (SSSR count). The molecule has 34 heavy (non-hydrogen) atoms. The van der Waals surface area contributed by atoms with E-state index in [-0.39, 0.29) is 12.0 Å². The number of carbonyl (C=O) groups excluding carboxylic acids is 1. The highest BCUT2D eigenvalue weighted by molar-refractivity contribution is 6.30. The summed E-state index contributed by atoms with van der Waals surface area (Å²) in [6.45, 7) is 2.92. The monoisotopic (exact) mass is 471 g/mol. The maximum absolute atomic E-state index is 11.5. The minimum absolute atomic E-state index is 0.0223. The van der Waals surface area contributed by atoms with E-state index in [1.54, 1.807) is 13.0 Å². The number of nitriles is 1. The fraction of sp³-hybridized carbons (Fsp3) is 0.231. The highest BCUT2D eigenvalue weighted by atomic mass is 35.5. The van der Waals surface area contributed by atoms with Crippen LogP contribution in [0.2, 0.25) is 5.02 Å². The standard InChI is InChI=1S/C26H22ClN5O2/c1-16(33)32-10-8-21(9-11-32)34-24-7-4-18(12-19(24)14-28)25-22-13-23(31-26(22)30-15-29-25)17-2-5-20(27)6-3-17/h2-7,12-13,15,21H,8-11H2,1H3,(H,29,30,31). The average molecular weight is 472 g/mol. The van der Waals surface area contributed by atoms with Crippen LogP contribution in [0.5, 0.6) is 5.75 Å². The molecule has 0 radical (unpaired) electrons. The van der Waals surface area contributed by atoms with E-state index in [0.29, 0.717) is 35.1 Å². The van der Waals surface area contributed by atoms with E-state index in [2.05, 4.69) is 21.0 Å². The molecule has 1 saturated heterocycles. The average Bonchev–Trinajstić information content (AvgIpc) is 3.29. The van der Waals surface area contributed by atoms with Crippen LogP contribution < -0.4 is 4.74 Å². The SMILES string of the molecule is CC(=O)N1CCC(Oc2ccc(-c3ncnc4[nH]c(-c5ccc(Cl)cc5)cc34)cc2C#N)CC1. The Labute approximate surface area is 202 Å². The Hall–Kier alpha value is -3.89. The van der Waals surface area contributed by atoms with Crippen LogP contribution in [0.25, 0.3) is 33.5 Å². The molecule has 0 saturated carbocycles. The molecule has 1 amide bonds. The molecule has 170 valence electrons. The van der Waals surface area contributed by atoms with Gasteiger partial charge in [-0.25, -0.2) is 9.97 Å². The molecule has 7 nitrogen and oxygen atoms in total. The topological polar surface area (TPSA) is 94.9 Å². The summed E-state index contributed by atoms with van der Waals surface area (Å²) in [5.41, 5.74) is 4.61. The minimum Gasteiger partial charge on any atom is -0.489 e. The molecule has 0 atom stereocenters. The number of aromatic amines is 1. The number of benzene rings is 2. The molecule has 4 aromatic rings. The van der Waals surface area contributed by atoms with E-state index in [0.717, 1.165) is 40.7 Å². The first-order chi connectivity index (χ1) is 16.5. The summed E-state index contributed by atoms with van der Waals surface area (Å²) in [5.74, 6) is 0.634. The lowest BCUT2D eigenvalue weighted by Crippen LogP contribution is -2.40. The van der Waals surface area contributed by atoms with Crippen molar-refractivity contribution in [3.05, 3.63) is 65.4 Å². The second-order valence-electron chi connectivity index (χ2n) is 8.32. The molecule has 3 heterocycles. The van der Waals surface area contributed by atoms with Crippen LogP contribution in [0.1, 0.15) is 25.3 Å². The molecular weight excluding hydrogens is 450 g/mol. The summed E-state index contributed by atoms with van der Waals surface area (Å²) < 4.78 is 6.15.